The van der Waals surface area contributed by atoms with Crippen molar-refractivity contribution in [2.24, 2.45) is 0 Å². The number of Topliss-reactive ketones (excluding diaryl/α,β-unsaturated/α-hetero) is 1. The molecule has 2 heteroatoms. The highest BCUT2D eigenvalue weighted by molar-refractivity contribution is 5.79. The Kier molecular flexibility index (Phi) is 8.32. The summed E-state index contributed by atoms with van der Waals surface area (Å²) in [7, 11) is 0. The van der Waals surface area contributed by atoms with E-state index in [9.17, 15) is 4.79 Å². The Bertz CT molecular complexity index is 227. The van der Waals surface area contributed by atoms with Crippen LogP contribution in [0, 0.1) is 0 Å². The molecule has 106 valence electrons. The second-order valence-corrected chi connectivity index (χ2v) is 5.85. The highest BCUT2D eigenvalue weighted by atomic mass is 16.1. The van der Waals surface area contributed by atoms with Crippen LogP contribution in [-0.2, 0) is 4.79 Å². The fourth-order valence-corrected chi connectivity index (χ4v) is 2.83. The normalized spacial score (nSPS) is 21.4. The Balaban J connectivity index is 1.93. The van der Waals surface area contributed by atoms with E-state index in [1.165, 1.54) is 57.9 Å². The standard InChI is InChI=1S/C16H31NO/c1-3-4-5-6-7-8-9-10-12-17-13-11-16(18)14-15(17)2/h15H,3-14H2,1-2H3. The van der Waals surface area contributed by atoms with Crippen LogP contribution in [0.4, 0.5) is 0 Å². The molecule has 1 unspecified atom stereocenters. The molecule has 0 aliphatic carbocycles. The van der Waals surface area contributed by atoms with Crippen LogP contribution in [0.15, 0.2) is 0 Å². The molecule has 1 atom stereocenters. The van der Waals surface area contributed by atoms with Gasteiger partial charge in [-0.05, 0) is 19.9 Å². The lowest BCUT2D eigenvalue weighted by Crippen LogP contribution is -2.41. The summed E-state index contributed by atoms with van der Waals surface area (Å²) < 4.78 is 0. The number of carbonyl (C=O) groups is 1. The van der Waals surface area contributed by atoms with Crippen LogP contribution < -0.4 is 0 Å². The van der Waals surface area contributed by atoms with E-state index in [1.54, 1.807) is 0 Å². The molecule has 1 aliphatic heterocycles. The van der Waals surface area contributed by atoms with Crippen LogP contribution >= 0.6 is 0 Å². The predicted molar refractivity (Wildman–Crippen MR) is 77.9 cm³/mol. The number of hydrogen-bond donors (Lipinski definition) is 0. The molecular weight excluding hydrogens is 222 g/mol. The summed E-state index contributed by atoms with van der Waals surface area (Å²) in [4.78, 5) is 13.8. The van der Waals surface area contributed by atoms with Crippen LogP contribution in [-0.4, -0.2) is 29.8 Å². The van der Waals surface area contributed by atoms with E-state index in [-0.39, 0.29) is 0 Å². The zero-order valence-electron chi connectivity index (χ0n) is 12.4. The molecular formula is C16H31NO. The van der Waals surface area contributed by atoms with Gasteiger partial charge in [-0.15, -0.1) is 0 Å². The minimum atomic E-state index is 0.453. The topological polar surface area (TPSA) is 20.3 Å². The maximum absolute atomic E-state index is 11.3. The van der Waals surface area contributed by atoms with Gasteiger partial charge in [0.2, 0.25) is 0 Å². The zero-order chi connectivity index (χ0) is 13.2. The number of carbonyl (C=O) groups excluding carboxylic acids is 1. The molecule has 1 fully saturated rings. The van der Waals surface area contributed by atoms with Gasteiger partial charge in [-0.2, -0.15) is 0 Å². The van der Waals surface area contributed by atoms with E-state index >= 15 is 0 Å². The fraction of sp³-hybridized carbons (Fsp3) is 0.938. The first kappa shape index (κ1) is 15.7. The van der Waals surface area contributed by atoms with Crippen molar-refractivity contribution in [1.82, 2.24) is 4.90 Å². The molecule has 18 heavy (non-hydrogen) atoms. The first-order valence-electron chi connectivity index (χ1n) is 7.99. The minimum absolute atomic E-state index is 0.453. The van der Waals surface area contributed by atoms with E-state index in [1.807, 2.05) is 0 Å². The van der Waals surface area contributed by atoms with Gasteiger partial charge in [-0.3, -0.25) is 9.69 Å². The lowest BCUT2D eigenvalue weighted by molar-refractivity contribution is -0.122. The molecule has 1 rings (SSSR count). The van der Waals surface area contributed by atoms with E-state index < -0.39 is 0 Å². The largest absolute Gasteiger partial charge is 0.300 e. The molecule has 1 heterocycles. The molecule has 0 aromatic heterocycles. The van der Waals surface area contributed by atoms with Gasteiger partial charge in [0.15, 0.2) is 0 Å². The Morgan fingerprint density at radius 2 is 1.67 bits per heavy atom. The average Bonchev–Trinajstić information content (AvgIpc) is 2.35. The van der Waals surface area contributed by atoms with Crippen LogP contribution in [0.2, 0.25) is 0 Å². The van der Waals surface area contributed by atoms with Crippen molar-refractivity contribution in [1.29, 1.82) is 0 Å². The molecule has 0 aromatic rings. The molecule has 1 saturated heterocycles. The number of ketones is 1. The number of hydrogen-bond acceptors (Lipinski definition) is 2. The highest BCUT2D eigenvalue weighted by Gasteiger charge is 2.22. The van der Waals surface area contributed by atoms with Gasteiger partial charge in [0.1, 0.15) is 5.78 Å². The summed E-state index contributed by atoms with van der Waals surface area (Å²) in [5, 5.41) is 0. The highest BCUT2D eigenvalue weighted by Crippen LogP contribution is 2.15. The number of piperidine rings is 1. The van der Waals surface area contributed by atoms with Crippen LogP contribution in [0.5, 0.6) is 0 Å². The number of likely N-dealkylation sites (tertiary alicyclic amines) is 1. The number of unbranched alkanes of at least 4 members (excludes halogenated alkanes) is 7. The van der Waals surface area contributed by atoms with Gasteiger partial charge in [-0.25, -0.2) is 0 Å². The third-order valence-electron chi connectivity index (χ3n) is 4.12. The number of nitrogens with zero attached hydrogens (tertiary/aromatic N) is 1. The van der Waals surface area contributed by atoms with Crippen molar-refractivity contribution in [3.05, 3.63) is 0 Å². The summed E-state index contributed by atoms with van der Waals surface area (Å²) in [5.41, 5.74) is 0. The van der Waals surface area contributed by atoms with Crippen molar-refractivity contribution in [2.45, 2.75) is 84.1 Å². The van der Waals surface area contributed by atoms with E-state index in [4.69, 9.17) is 0 Å². The quantitative estimate of drug-likeness (QED) is 0.575. The summed E-state index contributed by atoms with van der Waals surface area (Å²) in [6.07, 6.45) is 12.6. The minimum Gasteiger partial charge on any atom is -0.300 e. The van der Waals surface area contributed by atoms with Crippen LogP contribution in [0.1, 0.15) is 78.1 Å². The van der Waals surface area contributed by atoms with Crippen molar-refractivity contribution in [3.8, 4) is 0 Å². The first-order valence-corrected chi connectivity index (χ1v) is 7.99. The van der Waals surface area contributed by atoms with E-state index in [0.29, 0.717) is 11.8 Å². The van der Waals surface area contributed by atoms with Gasteiger partial charge in [-0.1, -0.05) is 51.9 Å². The molecule has 0 radical (unpaired) electrons. The van der Waals surface area contributed by atoms with Crippen molar-refractivity contribution < 1.29 is 4.79 Å². The summed E-state index contributed by atoms with van der Waals surface area (Å²) in [6.45, 7) is 6.66. The Hall–Kier alpha value is -0.370. The van der Waals surface area contributed by atoms with Crippen molar-refractivity contribution in [2.75, 3.05) is 13.1 Å². The predicted octanol–water partition coefficient (Wildman–Crippen LogP) is 4.18. The third-order valence-corrected chi connectivity index (χ3v) is 4.12. The van der Waals surface area contributed by atoms with Gasteiger partial charge < -0.3 is 0 Å². The Morgan fingerprint density at radius 3 is 2.28 bits per heavy atom. The maximum Gasteiger partial charge on any atom is 0.135 e. The third kappa shape index (κ3) is 6.53. The van der Waals surface area contributed by atoms with Crippen molar-refractivity contribution in [3.63, 3.8) is 0 Å². The zero-order valence-corrected chi connectivity index (χ0v) is 12.4. The number of rotatable bonds is 9. The Morgan fingerprint density at radius 1 is 1.06 bits per heavy atom. The maximum atomic E-state index is 11.3. The lowest BCUT2D eigenvalue weighted by Gasteiger charge is -2.32. The summed E-state index contributed by atoms with van der Waals surface area (Å²) in [6, 6.07) is 0.482. The van der Waals surface area contributed by atoms with Gasteiger partial charge in [0.05, 0.1) is 0 Å². The molecule has 1 aliphatic rings. The molecule has 0 N–H and O–H groups in total. The SMILES string of the molecule is CCCCCCCCCCN1CCC(=O)CC1C. The van der Waals surface area contributed by atoms with Crippen LogP contribution in [0.3, 0.4) is 0 Å². The fourth-order valence-electron chi connectivity index (χ4n) is 2.83. The lowest BCUT2D eigenvalue weighted by atomic mass is 10.0. The van der Waals surface area contributed by atoms with Gasteiger partial charge >= 0.3 is 0 Å². The van der Waals surface area contributed by atoms with E-state index in [2.05, 4.69) is 18.7 Å². The molecule has 0 spiro atoms. The second kappa shape index (κ2) is 9.55. The van der Waals surface area contributed by atoms with Gasteiger partial charge in [0, 0.05) is 25.4 Å². The summed E-state index contributed by atoms with van der Waals surface area (Å²) >= 11 is 0. The molecule has 0 bridgehead atoms. The van der Waals surface area contributed by atoms with E-state index in [0.717, 1.165) is 19.4 Å². The van der Waals surface area contributed by atoms with Gasteiger partial charge in [0.25, 0.3) is 0 Å². The monoisotopic (exact) mass is 253 g/mol. The second-order valence-electron chi connectivity index (χ2n) is 5.85. The van der Waals surface area contributed by atoms with Crippen molar-refractivity contribution >= 4 is 5.78 Å². The van der Waals surface area contributed by atoms with Crippen LogP contribution in [0.25, 0.3) is 0 Å². The Labute approximate surface area is 113 Å². The first-order chi connectivity index (χ1) is 8.74. The molecule has 0 amide bonds. The summed E-state index contributed by atoms with van der Waals surface area (Å²) in [5.74, 6) is 0.453. The molecule has 0 saturated carbocycles. The molecule has 0 aromatic carbocycles. The average molecular weight is 253 g/mol. The molecule has 2 nitrogen and oxygen atoms in total. The smallest absolute Gasteiger partial charge is 0.135 e.